The maximum atomic E-state index is 12.7. The molecule has 1 aromatic carbocycles. The molecule has 0 radical (unpaired) electrons. The van der Waals surface area contributed by atoms with Crippen molar-refractivity contribution < 1.29 is 12.8 Å². The van der Waals surface area contributed by atoms with Crippen LogP contribution in [0, 0.1) is 0 Å². The van der Waals surface area contributed by atoms with Crippen molar-refractivity contribution in [1.29, 1.82) is 0 Å². The molecule has 8 heteroatoms. The normalized spacial score (nSPS) is 20.4. The van der Waals surface area contributed by atoms with E-state index in [1.807, 2.05) is 0 Å². The van der Waals surface area contributed by atoms with E-state index in [0.717, 1.165) is 23.2 Å². The summed E-state index contributed by atoms with van der Waals surface area (Å²) in [6, 6.07) is 6.76. The molecule has 0 bridgehead atoms. The lowest BCUT2D eigenvalue weighted by molar-refractivity contribution is 0.286. The van der Waals surface area contributed by atoms with Crippen LogP contribution in [0.5, 0.6) is 0 Å². The Morgan fingerprint density at radius 2 is 1.50 bits per heavy atom. The van der Waals surface area contributed by atoms with Crippen LogP contribution in [-0.2, 0) is 10.0 Å². The van der Waals surface area contributed by atoms with Gasteiger partial charge in [0, 0.05) is 29.4 Å². The summed E-state index contributed by atoms with van der Waals surface area (Å²) in [5.41, 5.74) is 0. The molecule has 1 aliphatic carbocycles. The highest BCUT2D eigenvalue weighted by Gasteiger charge is 2.34. The molecule has 0 atom stereocenters. The van der Waals surface area contributed by atoms with Crippen molar-refractivity contribution >= 4 is 26.0 Å². The number of nitrogens with zero attached hydrogens (tertiary/aromatic N) is 3. The second kappa shape index (κ2) is 6.24. The van der Waals surface area contributed by atoms with Crippen LogP contribution in [0.1, 0.15) is 49.3 Å². The lowest BCUT2D eigenvalue weighted by Crippen LogP contribution is -2.37. The fraction of sp³-hybridized carbons (Fsp3) is 0.500. The van der Waals surface area contributed by atoms with Gasteiger partial charge in [0.1, 0.15) is 0 Å². The highest BCUT2D eigenvalue weighted by atomic mass is 79.9. The fourth-order valence-corrected chi connectivity index (χ4v) is 4.74. The van der Waals surface area contributed by atoms with Crippen LogP contribution in [-0.4, -0.2) is 36.0 Å². The summed E-state index contributed by atoms with van der Waals surface area (Å²) in [7, 11) is -3.44. The van der Waals surface area contributed by atoms with Crippen LogP contribution in [0.3, 0.4) is 0 Å². The predicted octanol–water partition coefficient (Wildman–Crippen LogP) is 3.28. The first-order valence-electron chi connectivity index (χ1n) is 8.13. The lowest BCUT2D eigenvalue weighted by Gasteiger charge is -2.29. The Bertz CT molecular complexity index is 823. The Morgan fingerprint density at radius 1 is 0.958 bits per heavy atom. The average Bonchev–Trinajstić information content (AvgIpc) is 3.32. The van der Waals surface area contributed by atoms with Gasteiger partial charge < -0.3 is 4.42 Å². The number of aromatic nitrogens is 2. The molecule has 1 aliphatic heterocycles. The number of benzene rings is 1. The first kappa shape index (κ1) is 16.2. The summed E-state index contributed by atoms with van der Waals surface area (Å²) >= 11 is 3.33. The molecular weight excluding hydrogens is 394 g/mol. The molecule has 6 nitrogen and oxygen atoms in total. The second-order valence-corrected chi connectivity index (χ2v) is 9.24. The fourth-order valence-electron chi connectivity index (χ4n) is 3.01. The number of piperidine rings is 1. The molecule has 0 unspecified atom stereocenters. The third-order valence-corrected chi connectivity index (χ3v) is 7.08. The third-order valence-electron chi connectivity index (χ3n) is 4.64. The summed E-state index contributed by atoms with van der Waals surface area (Å²) in [5.74, 6) is 2.01. The van der Waals surface area contributed by atoms with E-state index in [9.17, 15) is 8.42 Å². The molecule has 24 heavy (non-hydrogen) atoms. The zero-order valence-corrected chi connectivity index (χ0v) is 15.5. The largest absolute Gasteiger partial charge is 0.425 e. The van der Waals surface area contributed by atoms with Gasteiger partial charge in [-0.25, -0.2) is 8.42 Å². The number of halogens is 1. The van der Waals surface area contributed by atoms with E-state index in [2.05, 4.69) is 26.1 Å². The summed E-state index contributed by atoms with van der Waals surface area (Å²) in [6.45, 7) is 0.953. The third kappa shape index (κ3) is 3.14. The van der Waals surface area contributed by atoms with Crippen molar-refractivity contribution in [2.45, 2.75) is 42.4 Å². The quantitative estimate of drug-likeness (QED) is 0.771. The first-order chi connectivity index (χ1) is 11.5. The Kier molecular flexibility index (Phi) is 4.22. The van der Waals surface area contributed by atoms with Crippen LogP contribution < -0.4 is 0 Å². The molecular formula is C16H18BrN3O3S. The molecule has 0 N–H and O–H groups in total. The van der Waals surface area contributed by atoms with Gasteiger partial charge in [0.05, 0.1) is 4.90 Å². The van der Waals surface area contributed by atoms with Crippen molar-refractivity contribution in [3.63, 3.8) is 0 Å². The van der Waals surface area contributed by atoms with E-state index in [-0.39, 0.29) is 5.92 Å². The van der Waals surface area contributed by atoms with Gasteiger partial charge in [-0.2, -0.15) is 4.31 Å². The van der Waals surface area contributed by atoms with E-state index < -0.39 is 10.0 Å². The Labute approximate surface area is 149 Å². The minimum atomic E-state index is -3.44. The minimum Gasteiger partial charge on any atom is -0.425 e. The molecule has 2 fully saturated rings. The van der Waals surface area contributed by atoms with Crippen molar-refractivity contribution in [3.8, 4) is 0 Å². The molecule has 2 aliphatic rings. The monoisotopic (exact) mass is 411 g/mol. The molecule has 128 valence electrons. The molecule has 1 aromatic heterocycles. The number of rotatable bonds is 4. The maximum absolute atomic E-state index is 12.7. The maximum Gasteiger partial charge on any atom is 0.243 e. The number of sulfonamides is 1. The molecule has 2 heterocycles. The van der Waals surface area contributed by atoms with Gasteiger partial charge in [0.2, 0.25) is 21.8 Å². The highest BCUT2D eigenvalue weighted by Crippen LogP contribution is 2.40. The van der Waals surface area contributed by atoms with Crippen LogP contribution in [0.15, 0.2) is 38.1 Å². The SMILES string of the molecule is O=S(=O)(c1ccc(Br)cc1)N1CCC(c2nnc(C3CC3)o2)CC1. The second-order valence-electron chi connectivity index (χ2n) is 6.39. The Balaban J connectivity index is 1.44. The zero-order chi connectivity index (χ0) is 16.7. The average molecular weight is 412 g/mol. The first-order valence-corrected chi connectivity index (χ1v) is 10.4. The molecule has 4 rings (SSSR count). The highest BCUT2D eigenvalue weighted by molar-refractivity contribution is 9.10. The Morgan fingerprint density at radius 3 is 2.04 bits per heavy atom. The van der Waals surface area contributed by atoms with Gasteiger partial charge in [-0.1, -0.05) is 15.9 Å². The summed E-state index contributed by atoms with van der Waals surface area (Å²) < 4.78 is 33.6. The Hall–Kier alpha value is -1.25. The molecule has 0 amide bonds. The number of hydrogen-bond donors (Lipinski definition) is 0. The van der Waals surface area contributed by atoms with Crippen molar-refractivity contribution in [2.75, 3.05) is 13.1 Å². The standard InChI is InChI=1S/C16H18BrN3O3S/c17-13-3-5-14(6-4-13)24(21,22)20-9-7-12(8-10-20)16-19-18-15(23-16)11-1-2-11/h3-6,11-12H,1-2,7-10H2. The molecule has 0 spiro atoms. The molecule has 2 aromatic rings. The summed E-state index contributed by atoms with van der Waals surface area (Å²) in [4.78, 5) is 0.331. The van der Waals surface area contributed by atoms with Gasteiger partial charge in [0.15, 0.2) is 0 Å². The van der Waals surface area contributed by atoms with Gasteiger partial charge in [-0.15, -0.1) is 10.2 Å². The van der Waals surface area contributed by atoms with Gasteiger partial charge in [0.25, 0.3) is 0 Å². The van der Waals surface area contributed by atoms with Crippen molar-refractivity contribution in [2.24, 2.45) is 0 Å². The lowest BCUT2D eigenvalue weighted by atomic mass is 9.98. The summed E-state index contributed by atoms with van der Waals surface area (Å²) in [5, 5.41) is 8.29. The topological polar surface area (TPSA) is 76.3 Å². The van der Waals surface area contributed by atoms with Crippen LogP contribution >= 0.6 is 15.9 Å². The smallest absolute Gasteiger partial charge is 0.243 e. The van der Waals surface area contributed by atoms with Crippen LogP contribution in [0.2, 0.25) is 0 Å². The summed E-state index contributed by atoms with van der Waals surface area (Å²) in [6.07, 6.45) is 3.68. The van der Waals surface area contributed by atoms with Crippen molar-refractivity contribution in [1.82, 2.24) is 14.5 Å². The van der Waals surface area contributed by atoms with Gasteiger partial charge >= 0.3 is 0 Å². The van der Waals surface area contributed by atoms with Crippen LogP contribution in [0.4, 0.5) is 0 Å². The minimum absolute atomic E-state index is 0.154. The van der Waals surface area contributed by atoms with Crippen molar-refractivity contribution in [3.05, 3.63) is 40.5 Å². The van der Waals surface area contributed by atoms with E-state index >= 15 is 0 Å². The number of hydrogen-bond acceptors (Lipinski definition) is 5. The van der Waals surface area contributed by atoms with Crippen LogP contribution in [0.25, 0.3) is 0 Å². The molecule has 1 saturated heterocycles. The van der Waals surface area contributed by atoms with E-state index in [0.29, 0.717) is 42.6 Å². The van der Waals surface area contributed by atoms with Gasteiger partial charge in [-0.3, -0.25) is 0 Å². The van der Waals surface area contributed by atoms with E-state index in [4.69, 9.17) is 4.42 Å². The zero-order valence-electron chi connectivity index (χ0n) is 13.1. The molecule has 1 saturated carbocycles. The predicted molar refractivity (Wildman–Crippen MR) is 91.1 cm³/mol. The van der Waals surface area contributed by atoms with E-state index in [1.54, 1.807) is 28.6 Å². The van der Waals surface area contributed by atoms with Gasteiger partial charge in [-0.05, 0) is 49.9 Å². The van der Waals surface area contributed by atoms with E-state index in [1.165, 1.54) is 0 Å².